The van der Waals surface area contributed by atoms with Gasteiger partial charge in [-0.2, -0.15) is 0 Å². The fourth-order valence-corrected chi connectivity index (χ4v) is 2.06. The third-order valence-corrected chi connectivity index (χ3v) is 3.13. The maximum atomic E-state index is 10.9. The molecule has 0 saturated heterocycles. The van der Waals surface area contributed by atoms with Gasteiger partial charge in [-0.1, -0.05) is 13.8 Å². The molecule has 4 heteroatoms. The normalized spacial score (nSPS) is 10.5. The van der Waals surface area contributed by atoms with Gasteiger partial charge in [0.05, 0.1) is 0 Å². The predicted molar refractivity (Wildman–Crippen MR) is 67.1 cm³/mol. The molecule has 0 radical (unpaired) electrons. The molecule has 1 rings (SSSR count). The number of rotatable bonds is 3. The molecule has 0 aliphatic heterocycles. The van der Waals surface area contributed by atoms with E-state index in [0.717, 1.165) is 5.69 Å². The largest absolute Gasteiger partial charge is 0.320 e. The second-order valence-electron chi connectivity index (χ2n) is 3.47. The van der Waals surface area contributed by atoms with Crippen LogP contribution >= 0.6 is 23.4 Å². The summed E-state index contributed by atoms with van der Waals surface area (Å²) >= 11 is 7.16. The quantitative estimate of drug-likeness (QED) is 0.455. The van der Waals surface area contributed by atoms with Crippen LogP contribution in [0.4, 0.5) is 10.5 Å². The van der Waals surface area contributed by atoms with Gasteiger partial charge in [-0.25, -0.2) is 0 Å². The lowest BCUT2D eigenvalue weighted by atomic mass is 10.3. The molecule has 0 atom stereocenters. The lowest BCUT2D eigenvalue weighted by Gasteiger charge is -2.13. The maximum absolute atomic E-state index is 10.9. The first kappa shape index (κ1) is 12.4. The Morgan fingerprint density at radius 1 is 1.33 bits per heavy atom. The Hall–Kier alpha value is -0.670. The van der Waals surface area contributed by atoms with Crippen LogP contribution in [0.25, 0.3) is 0 Å². The van der Waals surface area contributed by atoms with Crippen LogP contribution in [0, 0.1) is 0 Å². The summed E-state index contributed by atoms with van der Waals surface area (Å²) in [6, 6.07) is 7.78. The topological polar surface area (TPSA) is 20.3 Å². The van der Waals surface area contributed by atoms with Crippen molar-refractivity contribution in [1.29, 1.82) is 0 Å². The first-order chi connectivity index (χ1) is 7.00. The standard InChI is InChI=1S/C11H14ClNOS/c1-8(2)15-10-6-4-9(5-7-10)13(3)11(12)14/h4-8H,1-3H3. The van der Waals surface area contributed by atoms with Crippen LogP contribution < -0.4 is 4.90 Å². The highest BCUT2D eigenvalue weighted by molar-refractivity contribution is 7.99. The Labute approximate surface area is 99.6 Å². The van der Waals surface area contributed by atoms with Crippen molar-refractivity contribution < 1.29 is 4.79 Å². The smallest absolute Gasteiger partial charge is 0.302 e. The van der Waals surface area contributed by atoms with Crippen LogP contribution in [0.2, 0.25) is 0 Å². The van der Waals surface area contributed by atoms with Gasteiger partial charge in [0.15, 0.2) is 0 Å². The molecule has 0 heterocycles. The van der Waals surface area contributed by atoms with Crippen LogP contribution in [0.3, 0.4) is 0 Å². The Balaban J connectivity index is 2.76. The van der Waals surface area contributed by atoms with E-state index in [1.165, 1.54) is 9.80 Å². The zero-order valence-electron chi connectivity index (χ0n) is 9.03. The number of amides is 1. The van der Waals surface area contributed by atoms with Gasteiger partial charge >= 0.3 is 5.37 Å². The van der Waals surface area contributed by atoms with Gasteiger partial charge in [-0.05, 0) is 35.9 Å². The lowest BCUT2D eigenvalue weighted by molar-refractivity contribution is 0.265. The van der Waals surface area contributed by atoms with Crippen molar-refractivity contribution in [2.45, 2.75) is 24.0 Å². The van der Waals surface area contributed by atoms with Gasteiger partial charge in [0.1, 0.15) is 0 Å². The van der Waals surface area contributed by atoms with Crippen molar-refractivity contribution in [1.82, 2.24) is 0 Å². The van der Waals surface area contributed by atoms with E-state index in [2.05, 4.69) is 13.8 Å². The zero-order valence-corrected chi connectivity index (χ0v) is 10.6. The van der Waals surface area contributed by atoms with Crippen molar-refractivity contribution in [2.24, 2.45) is 0 Å². The van der Waals surface area contributed by atoms with Crippen molar-refractivity contribution in [3.63, 3.8) is 0 Å². The van der Waals surface area contributed by atoms with Crippen LogP contribution in [0.1, 0.15) is 13.8 Å². The van der Waals surface area contributed by atoms with E-state index in [4.69, 9.17) is 11.6 Å². The minimum absolute atomic E-state index is 0.473. The maximum Gasteiger partial charge on any atom is 0.320 e. The van der Waals surface area contributed by atoms with E-state index in [0.29, 0.717) is 5.25 Å². The molecule has 15 heavy (non-hydrogen) atoms. The first-order valence-corrected chi connectivity index (χ1v) is 5.96. The highest BCUT2D eigenvalue weighted by Gasteiger charge is 2.07. The number of halogens is 1. The Morgan fingerprint density at radius 2 is 1.87 bits per heavy atom. The Morgan fingerprint density at radius 3 is 2.27 bits per heavy atom. The monoisotopic (exact) mass is 243 g/mol. The van der Waals surface area contributed by atoms with Crippen LogP contribution in [-0.2, 0) is 0 Å². The summed E-state index contributed by atoms with van der Waals surface area (Å²) in [5.74, 6) is 0. The summed E-state index contributed by atoms with van der Waals surface area (Å²) in [6.45, 7) is 4.29. The molecule has 82 valence electrons. The number of anilines is 1. The summed E-state index contributed by atoms with van der Waals surface area (Å²) in [5.41, 5.74) is 0.808. The van der Waals surface area contributed by atoms with Gasteiger partial charge in [0.2, 0.25) is 0 Å². The van der Waals surface area contributed by atoms with Gasteiger partial charge in [-0.15, -0.1) is 11.8 Å². The van der Waals surface area contributed by atoms with Gasteiger partial charge < -0.3 is 4.90 Å². The number of benzene rings is 1. The molecule has 0 aliphatic carbocycles. The van der Waals surface area contributed by atoms with E-state index in [9.17, 15) is 4.79 Å². The van der Waals surface area contributed by atoms with Gasteiger partial charge in [-0.3, -0.25) is 4.79 Å². The van der Waals surface area contributed by atoms with Crippen LogP contribution in [0.15, 0.2) is 29.2 Å². The molecule has 0 N–H and O–H groups in total. The minimum atomic E-state index is -0.473. The minimum Gasteiger partial charge on any atom is -0.302 e. The SMILES string of the molecule is CC(C)Sc1ccc(N(C)C(=O)Cl)cc1. The first-order valence-electron chi connectivity index (χ1n) is 4.70. The van der Waals surface area contributed by atoms with Gasteiger partial charge in [0, 0.05) is 22.9 Å². The van der Waals surface area contributed by atoms with Crippen LogP contribution in [0.5, 0.6) is 0 Å². The molecule has 0 fully saturated rings. The number of hydrogen-bond acceptors (Lipinski definition) is 2. The average Bonchev–Trinajstić information content (AvgIpc) is 2.17. The van der Waals surface area contributed by atoms with E-state index in [1.54, 1.807) is 18.8 Å². The number of carbonyl (C=O) groups is 1. The predicted octanol–water partition coefficient (Wildman–Crippen LogP) is 3.98. The number of carbonyl (C=O) groups excluding carboxylic acids is 1. The van der Waals surface area contributed by atoms with Crippen LogP contribution in [-0.4, -0.2) is 17.7 Å². The molecule has 0 spiro atoms. The van der Waals surface area contributed by atoms with Crippen molar-refractivity contribution in [3.8, 4) is 0 Å². The summed E-state index contributed by atoms with van der Waals surface area (Å²) < 4.78 is 0. The summed E-state index contributed by atoms with van der Waals surface area (Å²) in [7, 11) is 1.65. The molecule has 0 aliphatic rings. The highest BCUT2D eigenvalue weighted by Crippen LogP contribution is 2.25. The van der Waals surface area contributed by atoms with E-state index in [-0.39, 0.29) is 0 Å². The number of hydrogen-bond donors (Lipinski definition) is 0. The highest BCUT2D eigenvalue weighted by atomic mass is 35.5. The van der Waals surface area contributed by atoms with Crippen molar-refractivity contribution in [3.05, 3.63) is 24.3 Å². The van der Waals surface area contributed by atoms with E-state index < -0.39 is 5.37 Å². The molecule has 0 saturated carbocycles. The average molecular weight is 244 g/mol. The Bertz CT molecular complexity index is 337. The number of nitrogens with zero attached hydrogens (tertiary/aromatic N) is 1. The molecular formula is C11H14ClNOS. The third kappa shape index (κ3) is 3.76. The third-order valence-electron chi connectivity index (χ3n) is 1.86. The lowest BCUT2D eigenvalue weighted by Crippen LogP contribution is -2.19. The van der Waals surface area contributed by atoms with E-state index >= 15 is 0 Å². The second-order valence-corrected chi connectivity index (χ2v) is 5.45. The molecule has 0 bridgehead atoms. The zero-order chi connectivity index (χ0) is 11.4. The summed E-state index contributed by atoms with van der Waals surface area (Å²) in [5, 5.41) is 0.0856. The molecule has 0 unspecified atom stereocenters. The Kier molecular flexibility index (Phi) is 4.48. The van der Waals surface area contributed by atoms with Crippen molar-refractivity contribution in [2.75, 3.05) is 11.9 Å². The molecule has 0 aromatic heterocycles. The fraction of sp³-hybridized carbons (Fsp3) is 0.364. The molecule has 1 aromatic rings. The second kappa shape index (κ2) is 5.42. The van der Waals surface area contributed by atoms with Crippen molar-refractivity contribution >= 4 is 34.4 Å². The molecule has 1 aromatic carbocycles. The summed E-state index contributed by atoms with van der Waals surface area (Å²) in [4.78, 5) is 13.5. The fourth-order valence-electron chi connectivity index (χ4n) is 1.12. The van der Waals surface area contributed by atoms with Gasteiger partial charge in [0.25, 0.3) is 0 Å². The van der Waals surface area contributed by atoms with E-state index in [1.807, 2.05) is 24.3 Å². The molecular weight excluding hydrogens is 230 g/mol. The number of thioether (sulfide) groups is 1. The summed E-state index contributed by atoms with van der Waals surface area (Å²) in [6.07, 6.45) is 0. The molecule has 1 amide bonds. The molecule has 2 nitrogen and oxygen atoms in total.